The number of hydrogen-bond acceptors (Lipinski definition) is 3. The summed E-state index contributed by atoms with van der Waals surface area (Å²) < 4.78 is 9.08. The van der Waals surface area contributed by atoms with Crippen LogP contribution in [0.5, 0.6) is 0 Å². The van der Waals surface area contributed by atoms with Crippen molar-refractivity contribution >= 4 is 92.1 Å². The Labute approximate surface area is 275 Å². The summed E-state index contributed by atoms with van der Waals surface area (Å²) >= 11 is 1.86. The lowest BCUT2D eigenvalue weighted by Crippen LogP contribution is -2.10. The van der Waals surface area contributed by atoms with Crippen molar-refractivity contribution in [2.45, 2.75) is 0 Å². The van der Waals surface area contributed by atoms with E-state index >= 15 is 0 Å². The lowest BCUT2D eigenvalue weighted by molar-refractivity contribution is 0.669. The van der Waals surface area contributed by atoms with E-state index in [9.17, 15) is 0 Å². The molecule has 220 valence electrons. The molecule has 3 heteroatoms. The van der Waals surface area contributed by atoms with E-state index in [1.807, 2.05) is 11.3 Å². The molecule has 0 amide bonds. The van der Waals surface area contributed by atoms with E-state index in [4.69, 9.17) is 4.42 Å². The highest BCUT2D eigenvalue weighted by molar-refractivity contribution is 7.27. The highest BCUT2D eigenvalue weighted by atomic mass is 32.1. The molecular weight excluding hydrogens is 591 g/mol. The maximum atomic E-state index is 6.51. The van der Waals surface area contributed by atoms with Crippen LogP contribution >= 0.6 is 11.3 Å². The van der Waals surface area contributed by atoms with E-state index in [0.717, 1.165) is 33.6 Å². The van der Waals surface area contributed by atoms with Crippen LogP contribution in [0.15, 0.2) is 168 Å². The Morgan fingerprint density at radius 2 is 1.11 bits per heavy atom. The highest BCUT2D eigenvalue weighted by Gasteiger charge is 2.20. The molecule has 0 N–H and O–H groups in total. The fourth-order valence-corrected chi connectivity index (χ4v) is 8.53. The van der Waals surface area contributed by atoms with Crippen molar-refractivity contribution in [3.8, 4) is 11.1 Å². The predicted octanol–water partition coefficient (Wildman–Crippen LogP) is 13.4. The second kappa shape index (κ2) is 10.3. The van der Waals surface area contributed by atoms with Gasteiger partial charge in [0.25, 0.3) is 0 Å². The molecule has 0 radical (unpaired) electrons. The first kappa shape index (κ1) is 26.3. The van der Waals surface area contributed by atoms with Crippen LogP contribution in [0, 0.1) is 0 Å². The van der Waals surface area contributed by atoms with Crippen LogP contribution in [0.2, 0.25) is 0 Å². The summed E-state index contributed by atoms with van der Waals surface area (Å²) in [5.74, 6) is 0. The molecule has 10 aromatic rings. The van der Waals surface area contributed by atoms with Crippen molar-refractivity contribution < 1.29 is 4.42 Å². The van der Waals surface area contributed by atoms with Crippen LogP contribution in [0.1, 0.15) is 0 Å². The third-order valence-corrected chi connectivity index (χ3v) is 10.6. The van der Waals surface area contributed by atoms with Crippen LogP contribution in [0.25, 0.3) is 74.8 Å². The Morgan fingerprint density at radius 1 is 0.426 bits per heavy atom. The predicted molar refractivity (Wildman–Crippen MR) is 202 cm³/mol. The summed E-state index contributed by atoms with van der Waals surface area (Å²) in [7, 11) is 0. The minimum Gasteiger partial charge on any atom is -0.456 e. The van der Waals surface area contributed by atoms with Gasteiger partial charge in [-0.1, -0.05) is 109 Å². The first-order valence-corrected chi connectivity index (χ1v) is 16.7. The van der Waals surface area contributed by atoms with Gasteiger partial charge in [0.05, 0.1) is 5.69 Å². The average molecular weight is 618 g/mol. The molecule has 2 nitrogen and oxygen atoms in total. The normalized spacial score (nSPS) is 11.8. The molecule has 0 aliphatic carbocycles. The average Bonchev–Trinajstić information content (AvgIpc) is 3.71. The lowest BCUT2D eigenvalue weighted by atomic mass is 10.0. The standard InChI is InChI=1S/C44H27NOS/c1-2-9-28(10-3-1)29-17-20-32(21-18-29)45(38-16-8-13-30-11-4-6-14-34(30)38)33-22-24-39-37(27-33)43-40(46-39)25-23-36-42-35-15-7-5-12-31(35)19-26-41(42)47-44(36)43/h1-27H. The Bertz CT molecular complexity index is 2790. The van der Waals surface area contributed by atoms with Gasteiger partial charge in [-0.25, -0.2) is 0 Å². The van der Waals surface area contributed by atoms with E-state index in [2.05, 4.69) is 169 Å². The fourth-order valence-electron chi connectivity index (χ4n) is 7.26. The molecule has 10 rings (SSSR count). The largest absolute Gasteiger partial charge is 0.456 e. The molecule has 47 heavy (non-hydrogen) atoms. The van der Waals surface area contributed by atoms with Crippen molar-refractivity contribution in [3.05, 3.63) is 164 Å². The van der Waals surface area contributed by atoms with E-state index in [1.54, 1.807) is 0 Å². The zero-order valence-corrected chi connectivity index (χ0v) is 26.2. The Kier molecular flexibility index (Phi) is 5.78. The molecule has 0 aliphatic heterocycles. The molecule has 8 aromatic carbocycles. The topological polar surface area (TPSA) is 16.4 Å². The highest BCUT2D eigenvalue weighted by Crippen LogP contribution is 2.46. The molecule has 2 heterocycles. The lowest BCUT2D eigenvalue weighted by Gasteiger charge is -2.27. The van der Waals surface area contributed by atoms with Crippen molar-refractivity contribution in [2.75, 3.05) is 4.90 Å². The van der Waals surface area contributed by atoms with Gasteiger partial charge in [0, 0.05) is 47.7 Å². The minimum atomic E-state index is 0.899. The quantitative estimate of drug-likeness (QED) is 0.195. The van der Waals surface area contributed by atoms with Gasteiger partial charge in [-0.2, -0.15) is 0 Å². The van der Waals surface area contributed by atoms with Crippen molar-refractivity contribution in [1.29, 1.82) is 0 Å². The maximum absolute atomic E-state index is 6.51. The number of fused-ring (bicyclic) bond motifs is 10. The third-order valence-electron chi connectivity index (χ3n) is 9.44. The molecule has 2 aromatic heterocycles. The van der Waals surface area contributed by atoms with Gasteiger partial charge in [0.15, 0.2) is 0 Å². The Balaban J connectivity index is 1.22. The molecule has 0 saturated carbocycles. The van der Waals surface area contributed by atoms with Crippen molar-refractivity contribution in [1.82, 2.24) is 0 Å². The van der Waals surface area contributed by atoms with Crippen LogP contribution < -0.4 is 4.90 Å². The summed E-state index contributed by atoms with van der Waals surface area (Å²) in [6, 6.07) is 58.9. The van der Waals surface area contributed by atoms with Gasteiger partial charge in [0.1, 0.15) is 11.2 Å². The summed E-state index contributed by atoms with van der Waals surface area (Å²) in [5, 5.41) is 9.90. The Morgan fingerprint density at radius 3 is 1.96 bits per heavy atom. The van der Waals surface area contributed by atoms with Gasteiger partial charge >= 0.3 is 0 Å². The number of benzene rings is 8. The van der Waals surface area contributed by atoms with Crippen LogP contribution in [0.4, 0.5) is 17.1 Å². The molecule has 0 bridgehead atoms. The molecular formula is C44H27NOS. The van der Waals surface area contributed by atoms with E-state index in [-0.39, 0.29) is 0 Å². The second-order valence-corrected chi connectivity index (χ2v) is 13.2. The van der Waals surface area contributed by atoms with Crippen LogP contribution in [0.3, 0.4) is 0 Å². The zero-order chi connectivity index (χ0) is 30.9. The summed E-state index contributed by atoms with van der Waals surface area (Å²) in [5.41, 5.74) is 7.56. The first-order chi connectivity index (χ1) is 23.3. The first-order valence-electron chi connectivity index (χ1n) is 15.9. The zero-order valence-electron chi connectivity index (χ0n) is 25.4. The van der Waals surface area contributed by atoms with Gasteiger partial charge in [-0.05, 0) is 81.9 Å². The van der Waals surface area contributed by atoms with Gasteiger partial charge in [-0.15, -0.1) is 11.3 Å². The Hall–Kier alpha value is -5.90. The van der Waals surface area contributed by atoms with E-state index in [0.29, 0.717) is 0 Å². The molecule has 0 spiro atoms. The number of rotatable bonds is 4. The minimum absolute atomic E-state index is 0.899. The molecule has 0 saturated heterocycles. The van der Waals surface area contributed by atoms with Crippen LogP contribution in [-0.4, -0.2) is 0 Å². The second-order valence-electron chi connectivity index (χ2n) is 12.1. The molecule has 0 aliphatic rings. The number of hydrogen-bond donors (Lipinski definition) is 0. The van der Waals surface area contributed by atoms with Crippen molar-refractivity contribution in [2.24, 2.45) is 0 Å². The van der Waals surface area contributed by atoms with E-state index < -0.39 is 0 Å². The monoisotopic (exact) mass is 617 g/mol. The van der Waals surface area contributed by atoms with E-state index in [1.165, 1.54) is 58.2 Å². The number of furan rings is 1. The summed E-state index contributed by atoms with van der Waals surface area (Å²) in [4.78, 5) is 2.38. The number of nitrogens with zero attached hydrogens (tertiary/aromatic N) is 1. The van der Waals surface area contributed by atoms with Crippen molar-refractivity contribution in [3.63, 3.8) is 0 Å². The van der Waals surface area contributed by atoms with Gasteiger partial charge in [-0.3, -0.25) is 0 Å². The molecule has 0 unspecified atom stereocenters. The SMILES string of the molecule is c1ccc(-c2ccc(N(c3ccc4oc5ccc6c(sc7ccc8ccccc8c76)c5c4c3)c3cccc4ccccc34)cc2)cc1. The third kappa shape index (κ3) is 4.10. The van der Waals surface area contributed by atoms with Crippen LogP contribution in [-0.2, 0) is 0 Å². The fraction of sp³-hybridized carbons (Fsp3) is 0. The number of anilines is 3. The summed E-state index contributed by atoms with van der Waals surface area (Å²) in [6.45, 7) is 0. The molecule has 0 fully saturated rings. The van der Waals surface area contributed by atoms with Gasteiger partial charge < -0.3 is 9.32 Å². The smallest absolute Gasteiger partial charge is 0.136 e. The molecule has 0 atom stereocenters. The van der Waals surface area contributed by atoms with Gasteiger partial charge in [0.2, 0.25) is 0 Å². The maximum Gasteiger partial charge on any atom is 0.136 e. The number of thiophene rings is 1. The summed E-state index contributed by atoms with van der Waals surface area (Å²) in [6.07, 6.45) is 0.